The quantitative estimate of drug-likeness (QED) is 0.359. The number of halogens is 1. The molecular formula is C28H25ClN2O4S. The molecule has 3 amide bonds. The summed E-state index contributed by atoms with van der Waals surface area (Å²) < 4.78 is 5.79. The van der Waals surface area contributed by atoms with Crippen LogP contribution in [0.25, 0.3) is 6.08 Å². The molecule has 0 bridgehead atoms. The molecule has 0 saturated carbocycles. The predicted molar refractivity (Wildman–Crippen MR) is 144 cm³/mol. The Morgan fingerprint density at radius 3 is 2.28 bits per heavy atom. The van der Waals surface area contributed by atoms with E-state index in [-0.39, 0.29) is 11.4 Å². The molecule has 1 aliphatic rings. The summed E-state index contributed by atoms with van der Waals surface area (Å²) in [5.41, 5.74) is 5.39. The van der Waals surface area contributed by atoms with E-state index in [0.29, 0.717) is 23.1 Å². The van der Waals surface area contributed by atoms with Crippen molar-refractivity contribution in [2.24, 2.45) is 0 Å². The molecule has 1 heterocycles. The Hall–Kier alpha value is -3.55. The first kappa shape index (κ1) is 25.5. The van der Waals surface area contributed by atoms with Gasteiger partial charge in [-0.3, -0.25) is 19.3 Å². The lowest BCUT2D eigenvalue weighted by Gasteiger charge is -2.15. The molecule has 0 radical (unpaired) electrons. The van der Waals surface area contributed by atoms with Gasteiger partial charge in [-0.25, -0.2) is 0 Å². The average molecular weight is 521 g/mol. The van der Waals surface area contributed by atoms with Gasteiger partial charge in [-0.1, -0.05) is 53.6 Å². The lowest BCUT2D eigenvalue weighted by Crippen LogP contribution is -2.36. The Labute approximate surface area is 219 Å². The number of hydrogen-bond donors (Lipinski definition) is 1. The number of aryl methyl sites for hydroxylation is 3. The lowest BCUT2D eigenvalue weighted by atomic mass is 10.1. The molecule has 1 fully saturated rings. The van der Waals surface area contributed by atoms with Crippen LogP contribution in [0.3, 0.4) is 0 Å². The predicted octanol–water partition coefficient (Wildman–Crippen LogP) is 6.52. The van der Waals surface area contributed by atoms with Crippen LogP contribution in [-0.2, 0) is 16.2 Å². The highest BCUT2D eigenvalue weighted by atomic mass is 35.5. The summed E-state index contributed by atoms with van der Waals surface area (Å²) in [4.78, 5) is 39.2. The topological polar surface area (TPSA) is 75.7 Å². The monoisotopic (exact) mass is 520 g/mol. The van der Waals surface area contributed by atoms with Crippen LogP contribution >= 0.6 is 23.4 Å². The third-order valence-electron chi connectivity index (χ3n) is 5.61. The zero-order valence-electron chi connectivity index (χ0n) is 20.1. The summed E-state index contributed by atoms with van der Waals surface area (Å²) in [6, 6.07) is 18.6. The second-order valence-electron chi connectivity index (χ2n) is 8.57. The number of thioether (sulfide) groups is 1. The van der Waals surface area contributed by atoms with E-state index in [1.165, 1.54) is 0 Å². The summed E-state index contributed by atoms with van der Waals surface area (Å²) in [6.07, 6.45) is 1.64. The summed E-state index contributed by atoms with van der Waals surface area (Å²) in [5, 5.41) is 3.04. The average Bonchev–Trinajstić information content (AvgIpc) is 3.09. The van der Waals surface area contributed by atoms with Gasteiger partial charge >= 0.3 is 0 Å². The second-order valence-corrected chi connectivity index (χ2v) is 10.0. The van der Waals surface area contributed by atoms with E-state index >= 15 is 0 Å². The first-order chi connectivity index (χ1) is 17.2. The van der Waals surface area contributed by atoms with Crippen LogP contribution in [0, 0.1) is 20.8 Å². The second kappa shape index (κ2) is 11.0. The molecule has 0 aliphatic carbocycles. The van der Waals surface area contributed by atoms with Gasteiger partial charge in [-0.05, 0) is 85.1 Å². The Morgan fingerprint density at radius 2 is 1.64 bits per heavy atom. The third kappa shape index (κ3) is 6.17. The molecule has 3 aromatic rings. The van der Waals surface area contributed by atoms with Crippen molar-refractivity contribution >= 4 is 52.2 Å². The van der Waals surface area contributed by atoms with Gasteiger partial charge in [0, 0.05) is 10.7 Å². The van der Waals surface area contributed by atoms with Gasteiger partial charge in [0.15, 0.2) is 0 Å². The van der Waals surface area contributed by atoms with Crippen molar-refractivity contribution in [2.45, 2.75) is 27.4 Å². The van der Waals surface area contributed by atoms with Gasteiger partial charge in [0.05, 0.1) is 4.91 Å². The number of ether oxygens (including phenoxy) is 1. The maximum absolute atomic E-state index is 12.8. The van der Waals surface area contributed by atoms with Crippen LogP contribution in [0.4, 0.5) is 10.5 Å². The summed E-state index contributed by atoms with van der Waals surface area (Å²) in [6.45, 7) is 5.87. The molecule has 0 atom stereocenters. The highest BCUT2D eigenvalue weighted by Gasteiger charge is 2.36. The molecule has 36 heavy (non-hydrogen) atoms. The number of carbonyl (C=O) groups is 3. The first-order valence-corrected chi connectivity index (χ1v) is 12.5. The SMILES string of the molecule is Cc1cc(C)c(NC(=O)CN2C(=O)S/C(=C/c3ccc(OCc4ccc(Cl)cc4)cc3)C2=O)c(C)c1. The third-order valence-corrected chi connectivity index (χ3v) is 6.77. The van der Waals surface area contributed by atoms with E-state index in [2.05, 4.69) is 5.32 Å². The molecule has 184 valence electrons. The van der Waals surface area contributed by atoms with Crippen LogP contribution in [0.1, 0.15) is 27.8 Å². The number of imide groups is 1. The number of nitrogens with one attached hydrogen (secondary N) is 1. The van der Waals surface area contributed by atoms with Crippen molar-refractivity contribution in [3.63, 3.8) is 0 Å². The van der Waals surface area contributed by atoms with E-state index in [1.54, 1.807) is 30.3 Å². The Bertz CT molecular complexity index is 1330. The minimum Gasteiger partial charge on any atom is -0.489 e. The van der Waals surface area contributed by atoms with Crippen molar-refractivity contribution in [2.75, 3.05) is 11.9 Å². The number of nitrogens with zero attached hydrogens (tertiary/aromatic N) is 1. The highest BCUT2D eigenvalue weighted by Crippen LogP contribution is 2.32. The van der Waals surface area contributed by atoms with Crippen LogP contribution in [-0.4, -0.2) is 28.5 Å². The fraction of sp³-hybridized carbons (Fsp3) is 0.179. The van der Waals surface area contributed by atoms with Gasteiger partial charge in [-0.2, -0.15) is 0 Å². The van der Waals surface area contributed by atoms with E-state index < -0.39 is 17.1 Å². The molecule has 0 aromatic heterocycles. The molecule has 1 aliphatic heterocycles. The van der Waals surface area contributed by atoms with Gasteiger partial charge in [0.25, 0.3) is 11.1 Å². The van der Waals surface area contributed by atoms with Crippen LogP contribution in [0.5, 0.6) is 5.75 Å². The molecule has 8 heteroatoms. The number of rotatable bonds is 7. The fourth-order valence-electron chi connectivity index (χ4n) is 3.89. The molecule has 1 saturated heterocycles. The van der Waals surface area contributed by atoms with E-state index in [4.69, 9.17) is 16.3 Å². The van der Waals surface area contributed by atoms with Crippen LogP contribution in [0.2, 0.25) is 5.02 Å². The van der Waals surface area contributed by atoms with Gasteiger partial charge < -0.3 is 10.1 Å². The number of hydrogen-bond acceptors (Lipinski definition) is 5. The minimum atomic E-state index is -0.486. The van der Waals surface area contributed by atoms with Gasteiger partial charge in [0.1, 0.15) is 18.9 Å². The van der Waals surface area contributed by atoms with E-state index in [9.17, 15) is 14.4 Å². The minimum absolute atomic E-state index is 0.269. The molecule has 0 spiro atoms. The van der Waals surface area contributed by atoms with Crippen molar-refractivity contribution in [1.82, 2.24) is 4.90 Å². The smallest absolute Gasteiger partial charge is 0.294 e. The van der Waals surface area contributed by atoms with Crippen LogP contribution < -0.4 is 10.1 Å². The van der Waals surface area contributed by atoms with E-state index in [1.807, 2.05) is 57.2 Å². The standard InChI is InChI=1S/C28H25ClN2O4S/c1-17-12-18(2)26(19(3)13-17)30-25(32)15-31-27(33)24(36-28(31)34)14-20-6-10-23(11-7-20)35-16-21-4-8-22(29)9-5-21/h4-14H,15-16H2,1-3H3,(H,30,32)/b24-14+. The van der Waals surface area contributed by atoms with Crippen molar-refractivity contribution < 1.29 is 19.1 Å². The zero-order valence-corrected chi connectivity index (χ0v) is 21.7. The van der Waals surface area contributed by atoms with Crippen molar-refractivity contribution in [1.29, 1.82) is 0 Å². The summed E-state index contributed by atoms with van der Waals surface area (Å²) in [5.74, 6) is -0.232. The Kier molecular flexibility index (Phi) is 7.82. The Morgan fingerprint density at radius 1 is 1.00 bits per heavy atom. The molecule has 3 aromatic carbocycles. The lowest BCUT2D eigenvalue weighted by molar-refractivity contribution is -0.127. The molecule has 1 N–H and O–H groups in total. The number of anilines is 1. The van der Waals surface area contributed by atoms with Gasteiger partial charge in [-0.15, -0.1) is 0 Å². The number of amides is 3. The molecule has 6 nitrogen and oxygen atoms in total. The highest BCUT2D eigenvalue weighted by molar-refractivity contribution is 8.18. The summed E-state index contributed by atoms with van der Waals surface area (Å²) in [7, 11) is 0. The van der Waals surface area contributed by atoms with Crippen molar-refractivity contribution in [3.05, 3.63) is 98.4 Å². The fourth-order valence-corrected chi connectivity index (χ4v) is 4.86. The summed E-state index contributed by atoms with van der Waals surface area (Å²) >= 11 is 6.72. The number of benzene rings is 3. The number of carbonyl (C=O) groups excluding carboxylic acids is 3. The molecule has 4 rings (SSSR count). The van der Waals surface area contributed by atoms with Gasteiger partial charge in [0.2, 0.25) is 5.91 Å². The Balaban J connectivity index is 1.37. The molecule has 0 unspecified atom stereocenters. The first-order valence-electron chi connectivity index (χ1n) is 11.3. The van der Waals surface area contributed by atoms with Crippen molar-refractivity contribution in [3.8, 4) is 5.75 Å². The maximum Gasteiger partial charge on any atom is 0.294 e. The molecular weight excluding hydrogens is 496 g/mol. The largest absolute Gasteiger partial charge is 0.489 e. The zero-order chi connectivity index (χ0) is 25.8. The van der Waals surface area contributed by atoms with Crippen LogP contribution in [0.15, 0.2) is 65.6 Å². The van der Waals surface area contributed by atoms with E-state index in [0.717, 1.165) is 44.5 Å². The normalized spacial score (nSPS) is 14.4. The maximum atomic E-state index is 12.8.